The molecule has 1 unspecified atom stereocenters. The van der Waals surface area contributed by atoms with Crippen molar-refractivity contribution in [2.75, 3.05) is 6.54 Å². The lowest BCUT2D eigenvalue weighted by Gasteiger charge is -2.19. The minimum absolute atomic E-state index is 0.285. The molecule has 27 heavy (non-hydrogen) atoms. The van der Waals surface area contributed by atoms with Gasteiger partial charge in [0, 0.05) is 30.2 Å². The fourth-order valence-corrected chi connectivity index (χ4v) is 2.96. The fraction of sp³-hybridized carbons (Fsp3) is 0.450. The van der Waals surface area contributed by atoms with Crippen molar-refractivity contribution in [1.82, 2.24) is 9.99 Å². The Morgan fingerprint density at radius 3 is 2.78 bits per heavy atom. The zero-order valence-electron chi connectivity index (χ0n) is 15.5. The van der Waals surface area contributed by atoms with Gasteiger partial charge in [-0.3, -0.25) is 0 Å². The highest BCUT2D eigenvalue weighted by atomic mass is 79.9. The van der Waals surface area contributed by atoms with Crippen LogP contribution in [0.2, 0.25) is 0 Å². The number of rotatable bonds is 9. The quantitative estimate of drug-likeness (QED) is 0.238. The number of ether oxygens (including phenoxy) is 1. The summed E-state index contributed by atoms with van der Waals surface area (Å²) in [5, 5.41) is 12.3. The van der Waals surface area contributed by atoms with Gasteiger partial charge in [0.05, 0.1) is 10.6 Å². The maximum atomic E-state index is 10.5. The first-order valence-corrected chi connectivity index (χ1v) is 10.1. The predicted molar refractivity (Wildman–Crippen MR) is 109 cm³/mol. The van der Waals surface area contributed by atoms with Crippen LogP contribution in [0.4, 0.5) is 0 Å². The van der Waals surface area contributed by atoms with Crippen molar-refractivity contribution >= 4 is 15.9 Å². The van der Waals surface area contributed by atoms with E-state index < -0.39 is 6.10 Å². The van der Waals surface area contributed by atoms with Gasteiger partial charge < -0.3 is 20.6 Å². The summed E-state index contributed by atoms with van der Waals surface area (Å²) in [6, 6.07) is 3.65. The van der Waals surface area contributed by atoms with Crippen molar-refractivity contribution in [2.45, 2.75) is 38.7 Å². The second-order valence-corrected chi connectivity index (χ2v) is 8.09. The molecule has 1 heterocycles. The number of hydrogen-bond acceptors (Lipinski definition) is 6. The Morgan fingerprint density at radius 1 is 1.41 bits per heavy atom. The van der Waals surface area contributed by atoms with Crippen LogP contribution in [0.3, 0.4) is 0 Å². The van der Waals surface area contributed by atoms with E-state index in [0.717, 1.165) is 25.1 Å². The Morgan fingerprint density at radius 2 is 2.15 bits per heavy atom. The van der Waals surface area contributed by atoms with Gasteiger partial charge in [-0.2, -0.15) is 0 Å². The van der Waals surface area contributed by atoms with Crippen molar-refractivity contribution < 1.29 is 9.84 Å². The SMILES string of the molecule is C\C(=C/C=C(Oc1ncccc1C(O)C1CC1)\C(Br)=C\N)N(N)CC1CC1. The van der Waals surface area contributed by atoms with Crippen molar-refractivity contribution in [3.63, 3.8) is 0 Å². The van der Waals surface area contributed by atoms with Crippen LogP contribution >= 0.6 is 15.9 Å². The molecule has 0 saturated heterocycles. The molecule has 2 aliphatic carbocycles. The van der Waals surface area contributed by atoms with E-state index in [1.807, 2.05) is 19.1 Å². The number of hydrogen-bond donors (Lipinski definition) is 3. The summed E-state index contributed by atoms with van der Waals surface area (Å²) < 4.78 is 6.60. The molecule has 146 valence electrons. The molecule has 0 radical (unpaired) electrons. The van der Waals surface area contributed by atoms with Gasteiger partial charge in [-0.15, -0.1) is 0 Å². The van der Waals surface area contributed by atoms with E-state index in [0.29, 0.717) is 27.6 Å². The van der Waals surface area contributed by atoms with Crippen LogP contribution in [0.1, 0.15) is 44.3 Å². The van der Waals surface area contributed by atoms with E-state index in [1.54, 1.807) is 23.3 Å². The molecular formula is C20H27BrN4O2. The van der Waals surface area contributed by atoms with Crippen molar-refractivity contribution in [3.8, 4) is 5.88 Å². The molecule has 0 aliphatic heterocycles. The summed E-state index contributed by atoms with van der Waals surface area (Å²) in [7, 11) is 0. The normalized spacial score (nSPS) is 19.8. The standard InChI is InChI=1S/C20H27BrN4O2/c1-13(25(23)12-14-5-6-14)4-9-18(17(21)11-22)27-20-16(3-2-10-24-20)19(26)15-7-8-15/h2-4,9-11,14-15,19,26H,5-8,12,22-23H2,1H3/b13-4+,17-11-,18-9+. The largest absolute Gasteiger partial charge is 0.437 e. The molecule has 0 bridgehead atoms. The van der Waals surface area contributed by atoms with Crippen LogP contribution in [0.5, 0.6) is 5.88 Å². The van der Waals surface area contributed by atoms with Crippen LogP contribution in [0.25, 0.3) is 0 Å². The highest BCUT2D eigenvalue weighted by molar-refractivity contribution is 9.11. The Hall–Kier alpha value is -1.83. The third-order valence-electron chi connectivity index (χ3n) is 4.86. The Bertz CT molecular complexity index is 754. The van der Waals surface area contributed by atoms with Crippen LogP contribution < -0.4 is 16.3 Å². The molecular weight excluding hydrogens is 408 g/mol. The lowest BCUT2D eigenvalue weighted by Crippen LogP contribution is -2.31. The first kappa shape index (κ1) is 19.9. The average Bonchev–Trinajstić information content (AvgIpc) is 3.57. The number of hydrazine groups is 1. The summed E-state index contributed by atoms with van der Waals surface area (Å²) >= 11 is 3.42. The van der Waals surface area contributed by atoms with E-state index in [9.17, 15) is 5.11 Å². The summed E-state index contributed by atoms with van der Waals surface area (Å²) in [5.41, 5.74) is 7.29. The van der Waals surface area contributed by atoms with Gasteiger partial charge in [0.1, 0.15) is 5.76 Å². The molecule has 7 heteroatoms. The average molecular weight is 435 g/mol. The third-order valence-corrected chi connectivity index (χ3v) is 5.51. The van der Waals surface area contributed by atoms with Crippen LogP contribution in [-0.2, 0) is 0 Å². The second kappa shape index (κ2) is 8.91. The van der Waals surface area contributed by atoms with Gasteiger partial charge in [0.15, 0.2) is 0 Å². The van der Waals surface area contributed by atoms with Crippen molar-refractivity contribution in [2.24, 2.45) is 23.4 Å². The van der Waals surface area contributed by atoms with E-state index >= 15 is 0 Å². The zero-order chi connectivity index (χ0) is 19.4. The molecule has 1 aromatic rings. The maximum absolute atomic E-state index is 10.5. The summed E-state index contributed by atoms with van der Waals surface area (Å²) in [5.74, 6) is 7.98. The number of nitrogens with two attached hydrogens (primary N) is 2. The van der Waals surface area contributed by atoms with E-state index in [-0.39, 0.29) is 5.92 Å². The van der Waals surface area contributed by atoms with Gasteiger partial charge in [-0.05, 0) is 84.7 Å². The van der Waals surface area contributed by atoms with Gasteiger partial charge in [0.25, 0.3) is 0 Å². The zero-order valence-corrected chi connectivity index (χ0v) is 17.1. The lowest BCUT2D eigenvalue weighted by atomic mass is 10.1. The highest BCUT2D eigenvalue weighted by Gasteiger charge is 2.33. The van der Waals surface area contributed by atoms with Crippen LogP contribution in [0.15, 0.2) is 52.6 Å². The molecule has 0 amide bonds. The lowest BCUT2D eigenvalue weighted by molar-refractivity contribution is 0.149. The van der Waals surface area contributed by atoms with Crippen molar-refractivity contribution in [3.05, 3.63) is 58.2 Å². The monoisotopic (exact) mass is 434 g/mol. The number of aromatic nitrogens is 1. The molecule has 2 fully saturated rings. The van der Waals surface area contributed by atoms with Gasteiger partial charge >= 0.3 is 0 Å². The van der Waals surface area contributed by atoms with E-state index in [1.165, 1.54) is 19.0 Å². The Balaban J connectivity index is 1.79. The number of nitrogens with zero attached hydrogens (tertiary/aromatic N) is 2. The first-order chi connectivity index (χ1) is 13.0. The van der Waals surface area contributed by atoms with Crippen LogP contribution in [-0.4, -0.2) is 21.6 Å². The highest BCUT2D eigenvalue weighted by Crippen LogP contribution is 2.43. The summed E-state index contributed by atoms with van der Waals surface area (Å²) in [6.45, 7) is 2.82. The smallest absolute Gasteiger partial charge is 0.225 e. The van der Waals surface area contributed by atoms with E-state index in [4.69, 9.17) is 16.3 Å². The number of allylic oxidation sites excluding steroid dienone is 4. The fourth-order valence-electron chi connectivity index (χ4n) is 2.74. The maximum Gasteiger partial charge on any atom is 0.225 e. The first-order valence-electron chi connectivity index (χ1n) is 9.29. The number of aliphatic hydroxyl groups is 1. The van der Waals surface area contributed by atoms with Gasteiger partial charge in [-0.25, -0.2) is 10.8 Å². The molecule has 0 aromatic carbocycles. The number of pyridine rings is 1. The van der Waals surface area contributed by atoms with Crippen molar-refractivity contribution in [1.29, 1.82) is 0 Å². The Kier molecular flexibility index (Phi) is 6.57. The second-order valence-electron chi connectivity index (χ2n) is 7.23. The minimum Gasteiger partial charge on any atom is -0.437 e. The molecule has 3 rings (SSSR count). The number of halogens is 1. The molecule has 6 nitrogen and oxygen atoms in total. The van der Waals surface area contributed by atoms with Gasteiger partial charge in [0.2, 0.25) is 5.88 Å². The molecule has 2 aliphatic rings. The molecule has 0 spiro atoms. The predicted octanol–water partition coefficient (Wildman–Crippen LogP) is 3.47. The molecule has 5 N–H and O–H groups in total. The summed E-state index contributed by atoms with van der Waals surface area (Å²) in [6.07, 6.45) is 10.7. The topological polar surface area (TPSA) is 97.6 Å². The molecule has 1 atom stereocenters. The number of aliphatic hydroxyl groups excluding tert-OH is 1. The minimum atomic E-state index is -0.564. The Labute approximate surface area is 168 Å². The van der Waals surface area contributed by atoms with Gasteiger partial charge in [-0.1, -0.05) is 0 Å². The summed E-state index contributed by atoms with van der Waals surface area (Å²) in [4.78, 5) is 4.31. The molecule has 2 saturated carbocycles. The third kappa shape index (κ3) is 5.57. The van der Waals surface area contributed by atoms with E-state index in [2.05, 4.69) is 20.9 Å². The molecule has 1 aromatic heterocycles. The van der Waals surface area contributed by atoms with Crippen LogP contribution in [0, 0.1) is 11.8 Å².